The summed E-state index contributed by atoms with van der Waals surface area (Å²) in [5.74, 6) is -1.66. The standard InChI is InChI=1S/C13H16ClN3O4/c1-7(2)16-12(19)13(20)17-15-6-8-4-9(14)11(18)10(5-8)21-3/h4-7,18H,1-3H3,(H,16,19)(H,17,20)/b15-6-. The quantitative estimate of drug-likeness (QED) is 0.439. The van der Waals surface area contributed by atoms with E-state index in [4.69, 9.17) is 16.3 Å². The van der Waals surface area contributed by atoms with E-state index in [2.05, 4.69) is 15.8 Å². The maximum Gasteiger partial charge on any atom is 0.329 e. The predicted octanol–water partition coefficient (Wildman–Crippen LogP) is 1.03. The zero-order chi connectivity index (χ0) is 16.0. The number of rotatable bonds is 4. The molecule has 0 aliphatic heterocycles. The van der Waals surface area contributed by atoms with Crippen molar-refractivity contribution < 1.29 is 19.4 Å². The van der Waals surface area contributed by atoms with Gasteiger partial charge in [0, 0.05) is 6.04 Å². The van der Waals surface area contributed by atoms with Crippen LogP contribution in [0, 0.1) is 0 Å². The molecule has 2 amide bonds. The molecule has 0 spiro atoms. The molecule has 7 nitrogen and oxygen atoms in total. The normalized spacial score (nSPS) is 10.7. The van der Waals surface area contributed by atoms with Crippen LogP contribution in [0.25, 0.3) is 0 Å². The lowest BCUT2D eigenvalue weighted by Crippen LogP contribution is -2.41. The van der Waals surface area contributed by atoms with Gasteiger partial charge in [0.2, 0.25) is 0 Å². The molecule has 3 N–H and O–H groups in total. The number of benzene rings is 1. The highest BCUT2D eigenvalue weighted by Gasteiger charge is 2.13. The molecule has 0 unspecified atom stereocenters. The summed E-state index contributed by atoms with van der Waals surface area (Å²) in [6, 6.07) is 2.77. The van der Waals surface area contributed by atoms with E-state index in [1.165, 1.54) is 25.5 Å². The molecule has 114 valence electrons. The van der Waals surface area contributed by atoms with Gasteiger partial charge in [0.1, 0.15) is 0 Å². The van der Waals surface area contributed by atoms with Crippen molar-refractivity contribution in [2.24, 2.45) is 5.10 Å². The number of nitrogens with zero attached hydrogens (tertiary/aromatic N) is 1. The van der Waals surface area contributed by atoms with Crippen LogP contribution >= 0.6 is 11.6 Å². The third-order valence-electron chi connectivity index (χ3n) is 2.28. The number of carbonyl (C=O) groups excluding carboxylic acids is 2. The third kappa shape index (κ3) is 4.96. The molecule has 0 saturated carbocycles. The number of methoxy groups -OCH3 is 1. The van der Waals surface area contributed by atoms with E-state index in [1.807, 2.05) is 0 Å². The first-order valence-corrected chi connectivity index (χ1v) is 6.43. The van der Waals surface area contributed by atoms with Gasteiger partial charge in [0.15, 0.2) is 11.5 Å². The topological polar surface area (TPSA) is 100 Å². The van der Waals surface area contributed by atoms with Crippen molar-refractivity contribution >= 4 is 29.6 Å². The molecule has 0 saturated heterocycles. The first-order chi connectivity index (χ1) is 9.85. The van der Waals surface area contributed by atoms with Gasteiger partial charge in [-0.1, -0.05) is 11.6 Å². The summed E-state index contributed by atoms with van der Waals surface area (Å²) >= 11 is 5.80. The van der Waals surface area contributed by atoms with Crippen molar-refractivity contribution in [1.82, 2.24) is 10.7 Å². The third-order valence-corrected chi connectivity index (χ3v) is 2.56. The summed E-state index contributed by atoms with van der Waals surface area (Å²) < 4.78 is 4.93. The minimum Gasteiger partial charge on any atom is -0.503 e. The van der Waals surface area contributed by atoms with Crippen LogP contribution in [0.15, 0.2) is 17.2 Å². The smallest absolute Gasteiger partial charge is 0.329 e. The van der Waals surface area contributed by atoms with Crippen LogP contribution in [-0.4, -0.2) is 36.3 Å². The number of halogens is 1. The largest absolute Gasteiger partial charge is 0.503 e. The van der Waals surface area contributed by atoms with Crippen molar-refractivity contribution in [1.29, 1.82) is 0 Å². The van der Waals surface area contributed by atoms with Crippen LogP contribution in [0.2, 0.25) is 5.02 Å². The Kier molecular flexibility index (Phi) is 5.98. The van der Waals surface area contributed by atoms with Crippen molar-refractivity contribution in [2.75, 3.05) is 7.11 Å². The lowest BCUT2D eigenvalue weighted by molar-refractivity contribution is -0.139. The second kappa shape index (κ2) is 7.49. The minimum absolute atomic E-state index is 0.0830. The van der Waals surface area contributed by atoms with Crippen molar-refractivity contribution in [2.45, 2.75) is 19.9 Å². The first-order valence-electron chi connectivity index (χ1n) is 6.05. The van der Waals surface area contributed by atoms with Crippen LogP contribution in [-0.2, 0) is 9.59 Å². The summed E-state index contributed by atoms with van der Waals surface area (Å²) in [6.07, 6.45) is 1.27. The van der Waals surface area contributed by atoms with Crippen LogP contribution in [0.3, 0.4) is 0 Å². The average Bonchev–Trinajstić information content (AvgIpc) is 2.41. The number of ether oxygens (including phenoxy) is 1. The summed E-state index contributed by atoms with van der Waals surface area (Å²) in [5.41, 5.74) is 2.57. The number of nitrogens with one attached hydrogen (secondary N) is 2. The zero-order valence-electron chi connectivity index (χ0n) is 11.8. The zero-order valence-corrected chi connectivity index (χ0v) is 12.6. The Morgan fingerprint density at radius 3 is 2.62 bits per heavy atom. The molecule has 1 rings (SSSR count). The molecule has 0 radical (unpaired) electrons. The van der Waals surface area contributed by atoms with E-state index in [1.54, 1.807) is 13.8 Å². The Balaban J connectivity index is 2.72. The Morgan fingerprint density at radius 2 is 2.05 bits per heavy atom. The van der Waals surface area contributed by atoms with E-state index in [-0.39, 0.29) is 22.6 Å². The number of aromatic hydroxyl groups is 1. The summed E-state index contributed by atoms with van der Waals surface area (Å²) in [6.45, 7) is 3.47. The Labute approximate surface area is 126 Å². The van der Waals surface area contributed by atoms with Crippen molar-refractivity contribution in [3.05, 3.63) is 22.7 Å². The number of amides is 2. The number of hydrogen-bond acceptors (Lipinski definition) is 5. The molecule has 0 heterocycles. The highest BCUT2D eigenvalue weighted by Crippen LogP contribution is 2.34. The maximum atomic E-state index is 11.4. The van der Waals surface area contributed by atoms with E-state index in [0.717, 1.165) is 0 Å². The second-order valence-corrected chi connectivity index (χ2v) is 4.79. The maximum absolute atomic E-state index is 11.4. The minimum atomic E-state index is -0.878. The van der Waals surface area contributed by atoms with Crippen LogP contribution in [0.5, 0.6) is 11.5 Å². The second-order valence-electron chi connectivity index (χ2n) is 4.38. The fourth-order valence-electron chi connectivity index (χ4n) is 1.37. The molecule has 0 aliphatic rings. The SMILES string of the molecule is COc1cc(/C=N\NC(=O)C(=O)NC(C)C)cc(Cl)c1O. The number of carbonyl (C=O) groups is 2. The van der Waals surface area contributed by atoms with E-state index in [0.29, 0.717) is 5.56 Å². The van der Waals surface area contributed by atoms with Gasteiger partial charge in [-0.05, 0) is 31.5 Å². The summed E-state index contributed by atoms with van der Waals surface area (Å²) in [5, 5.41) is 15.7. The van der Waals surface area contributed by atoms with Crippen LogP contribution in [0.4, 0.5) is 0 Å². The van der Waals surface area contributed by atoms with Crippen LogP contribution in [0.1, 0.15) is 19.4 Å². The molecule has 0 fully saturated rings. The molecule has 21 heavy (non-hydrogen) atoms. The van der Waals surface area contributed by atoms with E-state index >= 15 is 0 Å². The van der Waals surface area contributed by atoms with Gasteiger partial charge in [-0.25, -0.2) is 5.43 Å². The summed E-state index contributed by atoms with van der Waals surface area (Å²) in [4.78, 5) is 22.7. The predicted molar refractivity (Wildman–Crippen MR) is 78.7 cm³/mol. The molecule has 0 aliphatic carbocycles. The first kappa shape index (κ1) is 16.8. The number of phenols is 1. The van der Waals surface area contributed by atoms with E-state index in [9.17, 15) is 14.7 Å². The molecule has 1 aromatic rings. The number of hydrazone groups is 1. The van der Waals surface area contributed by atoms with Gasteiger partial charge in [-0.15, -0.1) is 0 Å². The van der Waals surface area contributed by atoms with Gasteiger partial charge in [0.05, 0.1) is 18.3 Å². The van der Waals surface area contributed by atoms with Gasteiger partial charge in [0.25, 0.3) is 0 Å². The average molecular weight is 314 g/mol. The molecule has 0 atom stereocenters. The summed E-state index contributed by atoms with van der Waals surface area (Å²) in [7, 11) is 1.38. The Morgan fingerprint density at radius 1 is 1.38 bits per heavy atom. The van der Waals surface area contributed by atoms with Crippen molar-refractivity contribution in [3.63, 3.8) is 0 Å². The van der Waals surface area contributed by atoms with E-state index < -0.39 is 11.8 Å². The van der Waals surface area contributed by atoms with Gasteiger partial charge in [-0.2, -0.15) is 5.10 Å². The molecule has 1 aromatic carbocycles. The highest BCUT2D eigenvalue weighted by molar-refractivity contribution is 6.35. The van der Waals surface area contributed by atoms with Crippen molar-refractivity contribution in [3.8, 4) is 11.5 Å². The fourth-order valence-corrected chi connectivity index (χ4v) is 1.59. The van der Waals surface area contributed by atoms with Gasteiger partial charge in [-0.3, -0.25) is 9.59 Å². The molecular weight excluding hydrogens is 298 g/mol. The molecule has 8 heteroatoms. The van der Waals surface area contributed by atoms with Crippen LogP contribution < -0.4 is 15.5 Å². The Hall–Kier alpha value is -2.28. The van der Waals surface area contributed by atoms with Gasteiger partial charge >= 0.3 is 11.8 Å². The monoisotopic (exact) mass is 313 g/mol. The number of hydrogen-bond donors (Lipinski definition) is 3. The van der Waals surface area contributed by atoms with Gasteiger partial charge < -0.3 is 15.2 Å². The molecule has 0 bridgehead atoms. The number of phenolic OH excluding ortho intramolecular Hbond substituents is 1. The lowest BCUT2D eigenvalue weighted by Gasteiger charge is -2.07. The molecular formula is C13H16ClN3O4. The highest BCUT2D eigenvalue weighted by atomic mass is 35.5. The fraction of sp³-hybridized carbons (Fsp3) is 0.308. The lowest BCUT2D eigenvalue weighted by atomic mass is 10.2. The molecule has 0 aromatic heterocycles. The Bertz CT molecular complexity index is 573.